The van der Waals surface area contributed by atoms with E-state index in [2.05, 4.69) is 22.3 Å². The first-order valence-corrected chi connectivity index (χ1v) is 5.43. The molecular formula is C12H15N3O. The predicted molar refractivity (Wildman–Crippen MR) is 61.2 cm³/mol. The molecule has 0 radical (unpaired) electrons. The van der Waals surface area contributed by atoms with E-state index < -0.39 is 0 Å². The van der Waals surface area contributed by atoms with Gasteiger partial charge in [0, 0.05) is 0 Å². The highest BCUT2D eigenvalue weighted by Gasteiger charge is 2.11. The molecule has 1 unspecified atom stereocenters. The van der Waals surface area contributed by atoms with Crippen LogP contribution in [-0.2, 0) is 6.42 Å². The summed E-state index contributed by atoms with van der Waals surface area (Å²) in [4.78, 5) is 0. The van der Waals surface area contributed by atoms with Gasteiger partial charge in [-0.25, -0.2) is 0 Å². The zero-order valence-electron chi connectivity index (χ0n) is 9.22. The lowest BCUT2D eigenvalue weighted by molar-refractivity contribution is 0.474. The number of phenolic OH excluding ortho intramolecular Hbond substituents is 1. The standard InChI is InChI=1S/C12H15N3O/c1-2-9(7-11-8-13-15-14-11)10-3-5-12(16)6-4-10/h3-6,8-9,16H,2,7H2,1H3,(H,13,14,15). The summed E-state index contributed by atoms with van der Waals surface area (Å²) in [5.41, 5.74) is 2.20. The summed E-state index contributed by atoms with van der Waals surface area (Å²) < 4.78 is 0. The van der Waals surface area contributed by atoms with Crippen molar-refractivity contribution in [2.24, 2.45) is 0 Å². The number of hydrogen-bond acceptors (Lipinski definition) is 3. The van der Waals surface area contributed by atoms with Crippen molar-refractivity contribution in [1.82, 2.24) is 15.4 Å². The molecule has 0 spiro atoms. The summed E-state index contributed by atoms with van der Waals surface area (Å²) in [5, 5.41) is 19.7. The number of benzene rings is 1. The van der Waals surface area contributed by atoms with E-state index in [1.165, 1.54) is 5.56 Å². The van der Waals surface area contributed by atoms with Crippen molar-refractivity contribution in [3.05, 3.63) is 41.7 Å². The first kappa shape index (κ1) is 10.7. The van der Waals surface area contributed by atoms with E-state index in [4.69, 9.17) is 0 Å². The van der Waals surface area contributed by atoms with Crippen molar-refractivity contribution >= 4 is 0 Å². The molecule has 0 saturated heterocycles. The smallest absolute Gasteiger partial charge is 0.115 e. The Balaban J connectivity index is 2.13. The van der Waals surface area contributed by atoms with Gasteiger partial charge in [0.15, 0.2) is 0 Å². The molecule has 2 aromatic rings. The fourth-order valence-electron chi connectivity index (χ4n) is 1.82. The van der Waals surface area contributed by atoms with Crippen LogP contribution >= 0.6 is 0 Å². The lowest BCUT2D eigenvalue weighted by atomic mass is 9.92. The third kappa shape index (κ3) is 2.39. The van der Waals surface area contributed by atoms with Gasteiger partial charge in [-0.1, -0.05) is 19.1 Å². The lowest BCUT2D eigenvalue weighted by Gasteiger charge is -2.13. The minimum absolute atomic E-state index is 0.306. The van der Waals surface area contributed by atoms with Crippen molar-refractivity contribution in [2.45, 2.75) is 25.7 Å². The van der Waals surface area contributed by atoms with Gasteiger partial charge < -0.3 is 5.11 Å². The summed E-state index contributed by atoms with van der Waals surface area (Å²) in [6, 6.07) is 7.37. The third-order valence-electron chi connectivity index (χ3n) is 2.78. The molecule has 0 bridgehead atoms. The van der Waals surface area contributed by atoms with E-state index in [0.29, 0.717) is 11.7 Å². The average molecular weight is 217 g/mol. The maximum atomic E-state index is 9.24. The molecule has 16 heavy (non-hydrogen) atoms. The first-order chi connectivity index (χ1) is 7.79. The molecule has 0 aliphatic heterocycles. The Morgan fingerprint density at radius 3 is 2.62 bits per heavy atom. The molecule has 0 fully saturated rings. The van der Waals surface area contributed by atoms with Crippen LogP contribution in [0, 0.1) is 0 Å². The number of nitrogens with one attached hydrogen (secondary N) is 1. The van der Waals surface area contributed by atoms with Crippen LogP contribution in [0.25, 0.3) is 0 Å². The van der Waals surface area contributed by atoms with Crippen LogP contribution in [0.2, 0.25) is 0 Å². The second-order valence-electron chi connectivity index (χ2n) is 3.86. The summed E-state index contributed by atoms with van der Waals surface area (Å²) >= 11 is 0. The number of aromatic amines is 1. The molecule has 4 heteroatoms. The zero-order chi connectivity index (χ0) is 11.4. The SMILES string of the molecule is CCC(Cc1cn[nH]n1)c1ccc(O)cc1. The Labute approximate surface area is 94.3 Å². The van der Waals surface area contributed by atoms with Gasteiger partial charge >= 0.3 is 0 Å². The van der Waals surface area contributed by atoms with Gasteiger partial charge in [0.2, 0.25) is 0 Å². The Morgan fingerprint density at radius 1 is 1.31 bits per heavy atom. The van der Waals surface area contributed by atoms with Gasteiger partial charge in [-0.15, -0.1) is 0 Å². The van der Waals surface area contributed by atoms with E-state index in [1.54, 1.807) is 18.3 Å². The minimum Gasteiger partial charge on any atom is -0.508 e. The zero-order valence-corrected chi connectivity index (χ0v) is 9.22. The van der Waals surface area contributed by atoms with Gasteiger partial charge in [-0.3, -0.25) is 0 Å². The lowest BCUT2D eigenvalue weighted by Crippen LogP contribution is -2.02. The van der Waals surface area contributed by atoms with Gasteiger partial charge in [0.25, 0.3) is 0 Å². The Hall–Kier alpha value is -1.84. The molecular weight excluding hydrogens is 202 g/mol. The van der Waals surface area contributed by atoms with Crippen molar-refractivity contribution < 1.29 is 5.11 Å². The summed E-state index contributed by atoms with van der Waals surface area (Å²) in [6.45, 7) is 2.15. The van der Waals surface area contributed by atoms with Gasteiger partial charge in [-0.2, -0.15) is 15.4 Å². The molecule has 0 aliphatic carbocycles. The predicted octanol–water partition coefficient (Wildman–Crippen LogP) is 2.25. The van der Waals surface area contributed by atoms with Crippen molar-refractivity contribution in [2.75, 3.05) is 0 Å². The Kier molecular flexibility index (Phi) is 3.19. The molecule has 0 saturated carbocycles. The number of aromatic nitrogens is 3. The molecule has 1 atom stereocenters. The normalized spacial score (nSPS) is 12.6. The molecule has 0 aliphatic rings. The third-order valence-corrected chi connectivity index (χ3v) is 2.78. The molecule has 0 amide bonds. The van der Waals surface area contributed by atoms with Crippen molar-refractivity contribution in [1.29, 1.82) is 0 Å². The van der Waals surface area contributed by atoms with Gasteiger partial charge in [0.1, 0.15) is 5.75 Å². The van der Waals surface area contributed by atoms with Crippen LogP contribution in [0.3, 0.4) is 0 Å². The number of phenols is 1. The quantitative estimate of drug-likeness (QED) is 0.825. The topological polar surface area (TPSA) is 61.8 Å². The van der Waals surface area contributed by atoms with E-state index >= 15 is 0 Å². The number of nitrogens with zero attached hydrogens (tertiary/aromatic N) is 2. The minimum atomic E-state index is 0.306. The summed E-state index contributed by atoms with van der Waals surface area (Å²) in [5.74, 6) is 0.728. The number of H-pyrrole nitrogens is 1. The second kappa shape index (κ2) is 4.79. The summed E-state index contributed by atoms with van der Waals surface area (Å²) in [7, 11) is 0. The molecule has 4 nitrogen and oxygen atoms in total. The van der Waals surface area contributed by atoms with Crippen LogP contribution < -0.4 is 0 Å². The molecule has 1 aromatic carbocycles. The maximum Gasteiger partial charge on any atom is 0.115 e. The van der Waals surface area contributed by atoms with E-state index in [0.717, 1.165) is 18.5 Å². The second-order valence-corrected chi connectivity index (χ2v) is 3.86. The van der Waals surface area contributed by atoms with Gasteiger partial charge in [0.05, 0.1) is 11.9 Å². The molecule has 1 heterocycles. The van der Waals surface area contributed by atoms with E-state index in [1.807, 2.05) is 12.1 Å². The number of aromatic hydroxyl groups is 1. The van der Waals surface area contributed by atoms with Crippen LogP contribution in [-0.4, -0.2) is 20.5 Å². The van der Waals surface area contributed by atoms with Crippen LogP contribution in [0.4, 0.5) is 0 Å². The average Bonchev–Trinajstić information content (AvgIpc) is 2.80. The number of hydrogen-bond donors (Lipinski definition) is 2. The van der Waals surface area contributed by atoms with Crippen LogP contribution in [0.15, 0.2) is 30.5 Å². The fraction of sp³-hybridized carbons (Fsp3) is 0.333. The molecule has 1 aromatic heterocycles. The Bertz CT molecular complexity index is 422. The van der Waals surface area contributed by atoms with Crippen LogP contribution in [0.5, 0.6) is 5.75 Å². The highest BCUT2D eigenvalue weighted by Crippen LogP contribution is 2.24. The maximum absolute atomic E-state index is 9.24. The van der Waals surface area contributed by atoms with E-state index in [-0.39, 0.29) is 0 Å². The monoisotopic (exact) mass is 217 g/mol. The molecule has 2 N–H and O–H groups in total. The fourth-order valence-corrected chi connectivity index (χ4v) is 1.82. The van der Waals surface area contributed by atoms with E-state index in [9.17, 15) is 5.11 Å². The number of rotatable bonds is 4. The molecule has 2 rings (SSSR count). The highest BCUT2D eigenvalue weighted by atomic mass is 16.3. The van der Waals surface area contributed by atoms with Crippen LogP contribution in [0.1, 0.15) is 30.5 Å². The molecule has 84 valence electrons. The highest BCUT2D eigenvalue weighted by molar-refractivity contribution is 5.28. The largest absolute Gasteiger partial charge is 0.508 e. The van der Waals surface area contributed by atoms with Crippen molar-refractivity contribution in [3.63, 3.8) is 0 Å². The first-order valence-electron chi connectivity index (χ1n) is 5.43. The van der Waals surface area contributed by atoms with Gasteiger partial charge in [-0.05, 0) is 36.5 Å². The van der Waals surface area contributed by atoms with Crippen molar-refractivity contribution in [3.8, 4) is 5.75 Å². The summed E-state index contributed by atoms with van der Waals surface area (Å²) in [6.07, 6.45) is 3.67. The Morgan fingerprint density at radius 2 is 2.06 bits per heavy atom.